The van der Waals surface area contributed by atoms with Crippen molar-refractivity contribution in [1.82, 2.24) is 29.4 Å². The molecule has 2 aliphatic heterocycles. The van der Waals surface area contributed by atoms with Gasteiger partial charge in [-0.2, -0.15) is 36.5 Å². The smallest absolute Gasteiger partial charge is 0.331 e. The standard InChI is InChI=1S/C36H40F6N6O/c1-20-9-11-27(17-29(20)35(37,38)39)47-24(5)32(22(3)43-47)31-19-26(45-14-7-8-15-45)13-16-46(31)34(49)33-23(4)44-48(25(33)6)28-12-10-21(2)30(18-28)36(40,41)42/h9-12,17-18,26,31H,7-8,13-16,19H2,1-6H3. The second-order valence-electron chi connectivity index (χ2n) is 13.4. The number of carbonyl (C=O) groups is 1. The Hall–Kier alpha value is -4.13. The molecule has 2 fully saturated rings. The summed E-state index contributed by atoms with van der Waals surface area (Å²) in [6.07, 6.45) is -5.53. The van der Waals surface area contributed by atoms with E-state index < -0.39 is 29.5 Å². The molecule has 0 spiro atoms. The minimum absolute atomic E-state index is 0.0874. The Labute approximate surface area is 281 Å². The highest BCUT2D eigenvalue weighted by Gasteiger charge is 2.41. The number of hydrogen-bond donors (Lipinski definition) is 0. The average molecular weight is 687 g/mol. The minimum Gasteiger partial charge on any atom is -0.331 e. The summed E-state index contributed by atoms with van der Waals surface area (Å²) in [4.78, 5) is 18.8. The van der Waals surface area contributed by atoms with Crippen LogP contribution in [0.4, 0.5) is 26.3 Å². The van der Waals surface area contributed by atoms with Gasteiger partial charge in [-0.25, -0.2) is 9.36 Å². The summed E-state index contributed by atoms with van der Waals surface area (Å²) < 4.78 is 85.7. The first-order valence-electron chi connectivity index (χ1n) is 16.5. The number of carbonyl (C=O) groups excluding carboxylic acids is 1. The molecule has 6 rings (SSSR count). The van der Waals surface area contributed by atoms with Crippen molar-refractivity contribution in [1.29, 1.82) is 0 Å². The molecule has 13 heteroatoms. The quantitative estimate of drug-likeness (QED) is 0.198. The van der Waals surface area contributed by atoms with E-state index in [2.05, 4.69) is 10.00 Å². The van der Waals surface area contributed by atoms with Crippen molar-refractivity contribution in [2.24, 2.45) is 0 Å². The summed E-state index contributed by atoms with van der Waals surface area (Å²) in [6, 6.07) is 7.91. The molecular formula is C36H40F6N6O. The van der Waals surface area contributed by atoms with Crippen LogP contribution in [0.15, 0.2) is 36.4 Å². The normalized spacial score (nSPS) is 19.2. The maximum absolute atomic E-state index is 14.6. The highest BCUT2D eigenvalue weighted by atomic mass is 19.4. The van der Waals surface area contributed by atoms with Gasteiger partial charge in [0, 0.05) is 23.8 Å². The monoisotopic (exact) mass is 686 g/mol. The molecule has 0 radical (unpaired) electrons. The van der Waals surface area contributed by atoms with Gasteiger partial charge < -0.3 is 9.80 Å². The van der Waals surface area contributed by atoms with Crippen molar-refractivity contribution in [2.75, 3.05) is 19.6 Å². The van der Waals surface area contributed by atoms with Gasteiger partial charge in [0.1, 0.15) is 0 Å². The molecule has 2 atom stereocenters. The van der Waals surface area contributed by atoms with Gasteiger partial charge in [0.2, 0.25) is 0 Å². The van der Waals surface area contributed by atoms with Crippen molar-refractivity contribution in [3.05, 3.63) is 92.6 Å². The van der Waals surface area contributed by atoms with Crippen LogP contribution in [0, 0.1) is 41.5 Å². The Bertz CT molecular complexity index is 1900. The summed E-state index contributed by atoms with van der Waals surface area (Å²) in [6.45, 7) is 12.1. The minimum atomic E-state index is -4.55. The number of likely N-dealkylation sites (tertiary alicyclic amines) is 2. The topological polar surface area (TPSA) is 59.2 Å². The van der Waals surface area contributed by atoms with Gasteiger partial charge >= 0.3 is 12.4 Å². The summed E-state index contributed by atoms with van der Waals surface area (Å²) in [5.41, 5.74) is 2.33. The molecule has 0 aliphatic carbocycles. The van der Waals surface area contributed by atoms with Gasteiger partial charge in [-0.3, -0.25) is 4.79 Å². The van der Waals surface area contributed by atoms with Crippen molar-refractivity contribution in [3.8, 4) is 11.4 Å². The van der Waals surface area contributed by atoms with Crippen LogP contribution in [0.2, 0.25) is 0 Å². The molecular weight excluding hydrogens is 646 g/mol. The van der Waals surface area contributed by atoms with Crippen molar-refractivity contribution < 1.29 is 31.1 Å². The van der Waals surface area contributed by atoms with E-state index in [1.165, 1.54) is 35.3 Å². The van der Waals surface area contributed by atoms with Crippen LogP contribution in [-0.4, -0.2) is 60.9 Å². The lowest BCUT2D eigenvalue weighted by Gasteiger charge is -2.43. The lowest BCUT2D eigenvalue weighted by atomic mass is 9.89. The van der Waals surface area contributed by atoms with E-state index in [4.69, 9.17) is 5.10 Å². The largest absolute Gasteiger partial charge is 0.416 e. The fraction of sp³-hybridized carbons (Fsp3) is 0.472. The molecule has 49 heavy (non-hydrogen) atoms. The first-order valence-corrected chi connectivity index (χ1v) is 16.5. The van der Waals surface area contributed by atoms with Crippen LogP contribution in [0.3, 0.4) is 0 Å². The number of nitrogens with zero attached hydrogens (tertiary/aromatic N) is 6. The maximum atomic E-state index is 14.6. The van der Waals surface area contributed by atoms with Crippen molar-refractivity contribution >= 4 is 5.91 Å². The number of aryl methyl sites for hydroxylation is 4. The maximum Gasteiger partial charge on any atom is 0.416 e. The molecule has 2 aromatic carbocycles. The molecule has 4 heterocycles. The predicted octanol–water partition coefficient (Wildman–Crippen LogP) is 8.39. The second kappa shape index (κ2) is 12.6. The Morgan fingerprint density at radius 1 is 0.714 bits per heavy atom. The predicted molar refractivity (Wildman–Crippen MR) is 173 cm³/mol. The van der Waals surface area contributed by atoms with E-state index >= 15 is 0 Å². The molecule has 2 aliphatic rings. The molecule has 262 valence electrons. The molecule has 0 N–H and O–H groups in total. The number of benzene rings is 2. The fourth-order valence-electron chi connectivity index (χ4n) is 7.73. The van der Waals surface area contributed by atoms with E-state index in [0.717, 1.165) is 50.0 Å². The SMILES string of the molecule is Cc1ccc(-n2nc(C)c(C(=O)N3CCC(N4CCCC4)CC3c3c(C)nn(-c4ccc(C)c(C(F)(F)F)c4)c3C)c2C)cc1C(F)(F)F. The number of hydrogen-bond acceptors (Lipinski definition) is 4. The van der Waals surface area contributed by atoms with Crippen molar-refractivity contribution in [3.63, 3.8) is 0 Å². The fourth-order valence-corrected chi connectivity index (χ4v) is 7.73. The molecule has 2 unspecified atom stereocenters. The third-order valence-electron chi connectivity index (χ3n) is 10.2. The zero-order chi connectivity index (χ0) is 35.6. The van der Waals surface area contributed by atoms with E-state index in [-0.39, 0.29) is 34.5 Å². The zero-order valence-corrected chi connectivity index (χ0v) is 28.4. The van der Waals surface area contributed by atoms with Gasteiger partial charge in [0.05, 0.1) is 51.2 Å². The summed E-state index contributed by atoms with van der Waals surface area (Å²) in [5, 5.41) is 9.23. The lowest BCUT2D eigenvalue weighted by Crippen LogP contribution is -2.48. The van der Waals surface area contributed by atoms with Gasteiger partial charge in [0.25, 0.3) is 5.91 Å². The van der Waals surface area contributed by atoms with Crippen LogP contribution in [-0.2, 0) is 12.4 Å². The molecule has 2 aromatic heterocycles. The molecule has 2 saturated heterocycles. The number of rotatable bonds is 5. The third-order valence-corrected chi connectivity index (χ3v) is 10.2. The summed E-state index contributed by atoms with van der Waals surface area (Å²) in [5.74, 6) is -0.296. The Morgan fingerprint density at radius 3 is 1.76 bits per heavy atom. The Morgan fingerprint density at radius 2 is 1.22 bits per heavy atom. The number of amides is 1. The van der Waals surface area contributed by atoms with Crippen LogP contribution in [0.25, 0.3) is 11.4 Å². The molecule has 7 nitrogen and oxygen atoms in total. The summed E-state index contributed by atoms with van der Waals surface area (Å²) >= 11 is 0. The Balaban J connectivity index is 1.41. The Kier molecular flexibility index (Phi) is 8.96. The van der Waals surface area contributed by atoms with Crippen LogP contribution >= 0.6 is 0 Å². The number of halogens is 6. The van der Waals surface area contributed by atoms with Crippen LogP contribution in [0.5, 0.6) is 0 Å². The average Bonchev–Trinajstić information content (AvgIpc) is 3.74. The lowest BCUT2D eigenvalue weighted by molar-refractivity contribution is -0.138. The zero-order valence-electron chi connectivity index (χ0n) is 28.4. The second-order valence-corrected chi connectivity index (χ2v) is 13.4. The van der Waals surface area contributed by atoms with E-state index in [1.54, 1.807) is 30.9 Å². The van der Waals surface area contributed by atoms with Gasteiger partial charge in [-0.15, -0.1) is 0 Å². The van der Waals surface area contributed by atoms with Gasteiger partial charge in [-0.05, 0) is 116 Å². The summed E-state index contributed by atoms with van der Waals surface area (Å²) in [7, 11) is 0. The van der Waals surface area contributed by atoms with Crippen LogP contribution < -0.4 is 0 Å². The van der Waals surface area contributed by atoms with Crippen molar-refractivity contribution in [2.45, 2.75) is 91.7 Å². The first-order chi connectivity index (χ1) is 23.0. The number of piperidine rings is 1. The van der Waals surface area contributed by atoms with Crippen LogP contribution in [0.1, 0.15) is 92.7 Å². The van der Waals surface area contributed by atoms with Gasteiger partial charge in [-0.1, -0.05) is 12.1 Å². The first kappa shape index (κ1) is 34.7. The highest BCUT2D eigenvalue weighted by Crippen LogP contribution is 2.41. The number of aromatic nitrogens is 4. The molecule has 0 bridgehead atoms. The van der Waals surface area contributed by atoms with E-state index in [9.17, 15) is 31.1 Å². The highest BCUT2D eigenvalue weighted by molar-refractivity contribution is 5.97. The van der Waals surface area contributed by atoms with E-state index in [0.29, 0.717) is 41.3 Å². The third kappa shape index (κ3) is 6.37. The molecule has 1 amide bonds. The molecule has 0 saturated carbocycles. The molecule has 4 aromatic rings. The van der Waals surface area contributed by atoms with E-state index in [1.807, 2.05) is 13.8 Å². The van der Waals surface area contributed by atoms with Gasteiger partial charge in [0.15, 0.2) is 0 Å². The number of alkyl halides is 6.